The van der Waals surface area contributed by atoms with E-state index >= 15 is 0 Å². The zero-order valence-corrected chi connectivity index (χ0v) is 15.3. The van der Waals surface area contributed by atoms with Crippen molar-refractivity contribution in [1.29, 1.82) is 0 Å². The van der Waals surface area contributed by atoms with Crippen LogP contribution in [0.1, 0.15) is 50.1 Å². The predicted octanol–water partition coefficient (Wildman–Crippen LogP) is 1.54. The second kappa shape index (κ2) is 7.40. The van der Waals surface area contributed by atoms with Crippen LogP contribution in [-0.2, 0) is 19.2 Å². The van der Waals surface area contributed by atoms with Crippen molar-refractivity contribution >= 4 is 17.7 Å². The molecule has 3 atom stereocenters. The summed E-state index contributed by atoms with van der Waals surface area (Å²) < 4.78 is 0. The van der Waals surface area contributed by atoms with Gasteiger partial charge in [0.2, 0.25) is 11.8 Å². The Morgan fingerprint density at radius 2 is 1.78 bits per heavy atom. The van der Waals surface area contributed by atoms with E-state index in [9.17, 15) is 14.4 Å². The van der Waals surface area contributed by atoms with Crippen LogP contribution in [0, 0.1) is 5.92 Å². The van der Waals surface area contributed by atoms with Crippen molar-refractivity contribution in [1.82, 2.24) is 9.96 Å². The highest BCUT2D eigenvalue weighted by Crippen LogP contribution is 2.45. The lowest BCUT2D eigenvalue weighted by Crippen LogP contribution is -2.44. The summed E-state index contributed by atoms with van der Waals surface area (Å²) in [5.74, 6) is -1.40. The Hall–Kier alpha value is -2.25. The van der Waals surface area contributed by atoms with Gasteiger partial charge in [-0.3, -0.25) is 24.1 Å². The Bertz CT molecular complexity index is 732. The van der Waals surface area contributed by atoms with Crippen LogP contribution in [0.5, 0.6) is 0 Å². The van der Waals surface area contributed by atoms with Gasteiger partial charge in [-0.1, -0.05) is 49.6 Å². The van der Waals surface area contributed by atoms with E-state index in [0.717, 1.165) is 37.7 Å². The first-order valence-electron chi connectivity index (χ1n) is 9.71. The number of hydrogen-bond acceptors (Lipinski definition) is 5. The number of nitrogens with zero attached hydrogens (tertiary/aromatic N) is 2. The molecule has 3 amide bonds. The van der Waals surface area contributed by atoms with Crippen LogP contribution in [0.3, 0.4) is 0 Å². The third-order valence-corrected chi connectivity index (χ3v) is 5.89. The van der Waals surface area contributed by atoms with Crippen LogP contribution in [0.25, 0.3) is 0 Å². The summed E-state index contributed by atoms with van der Waals surface area (Å²) in [6.45, 7) is 0.256. The number of benzene rings is 1. The molecule has 0 bridgehead atoms. The molecule has 1 saturated carbocycles. The van der Waals surface area contributed by atoms with Crippen LogP contribution >= 0.6 is 0 Å². The molecule has 144 valence electrons. The highest BCUT2D eigenvalue weighted by molar-refractivity contribution is 6.07. The maximum absolute atomic E-state index is 13.3. The van der Waals surface area contributed by atoms with Gasteiger partial charge in [0.1, 0.15) is 0 Å². The van der Waals surface area contributed by atoms with Crippen molar-refractivity contribution in [3.63, 3.8) is 0 Å². The van der Waals surface area contributed by atoms with Crippen molar-refractivity contribution in [2.45, 2.75) is 56.7 Å². The number of imide groups is 1. The number of rotatable bonds is 5. The molecule has 1 aromatic carbocycles. The van der Waals surface area contributed by atoms with Crippen LogP contribution in [0.4, 0.5) is 0 Å². The minimum atomic E-state index is -0.808. The van der Waals surface area contributed by atoms with Crippen molar-refractivity contribution < 1.29 is 19.2 Å². The second-order valence-electron chi connectivity index (χ2n) is 7.60. The zero-order chi connectivity index (χ0) is 19.0. The Morgan fingerprint density at radius 3 is 2.44 bits per heavy atom. The number of carbonyl (C=O) groups is 3. The summed E-state index contributed by atoms with van der Waals surface area (Å²) in [5.41, 5.74) is 6.19. The number of fused-ring (bicyclic) bond motifs is 1. The quantitative estimate of drug-likeness (QED) is 0.793. The van der Waals surface area contributed by atoms with Crippen molar-refractivity contribution in [2.24, 2.45) is 11.7 Å². The Kier molecular flexibility index (Phi) is 4.97. The summed E-state index contributed by atoms with van der Waals surface area (Å²) in [6, 6.07) is 9.15. The maximum Gasteiger partial charge on any atom is 0.261 e. The first-order valence-corrected chi connectivity index (χ1v) is 9.71. The second-order valence-corrected chi connectivity index (χ2v) is 7.60. The van der Waals surface area contributed by atoms with E-state index in [1.54, 1.807) is 5.06 Å². The summed E-state index contributed by atoms with van der Waals surface area (Å²) >= 11 is 0. The molecule has 7 nitrogen and oxygen atoms in total. The Labute approximate surface area is 158 Å². The molecule has 3 aliphatic rings. The summed E-state index contributed by atoms with van der Waals surface area (Å²) in [6.07, 6.45) is 4.30. The molecule has 0 radical (unpaired) electrons. The van der Waals surface area contributed by atoms with Crippen LogP contribution < -0.4 is 5.73 Å². The number of nitrogens with two attached hydrogens (primary N) is 1. The third kappa shape index (κ3) is 3.26. The number of likely N-dealkylation sites (tertiary alicyclic amines) is 1. The molecule has 1 aliphatic carbocycles. The molecule has 1 aromatic rings. The Balaban J connectivity index is 1.63. The van der Waals surface area contributed by atoms with E-state index in [0.29, 0.717) is 0 Å². The summed E-state index contributed by atoms with van der Waals surface area (Å²) in [7, 11) is 0. The van der Waals surface area contributed by atoms with Gasteiger partial charge >= 0.3 is 0 Å². The summed E-state index contributed by atoms with van der Waals surface area (Å²) in [5, 5.41) is 1.60. The fourth-order valence-corrected chi connectivity index (χ4v) is 4.63. The molecule has 2 N–H and O–H groups in total. The van der Waals surface area contributed by atoms with Crippen molar-refractivity contribution in [2.75, 3.05) is 6.54 Å². The zero-order valence-electron chi connectivity index (χ0n) is 15.3. The largest absolute Gasteiger partial charge is 0.370 e. The van der Waals surface area contributed by atoms with E-state index in [2.05, 4.69) is 0 Å². The van der Waals surface area contributed by atoms with Gasteiger partial charge in [0.25, 0.3) is 5.91 Å². The summed E-state index contributed by atoms with van der Waals surface area (Å²) in [4.78, 5) is 44.9. The van der Waals surface area contributed by atoms with E-state index in [4.69, 9.17) is 10.6 Å². The molecule has 2 heterocycles. The molecule has 2 aliphatic heterocycles. The molecule has 7 heteroatoms. The highest BCUT2D eigenvalue weighted by Gasteiger charge is 2.60. The van der Waals surface area contributed by atoms with E-state index in [1.807, 2.05) is 30.3 Å². The lowest BCUT2D eigenvalue weighted by atomic mass is 9.90. The maximum atomic E-state index is 13.3. The van der Waals surface area contributed by atoms with Gasteiger partial charge in [-0.05, 0) is 18.4 Å². The van der Waals surface area contributed by atoms with Crippen LogP contribution in [-0.4, -0.2) is 46.4 Å². The fourth-order valence-electron chi connectivity index (χ4n) is 4.63. The molecule has 3 unspecified atom stereocenters. The molecule has 2 saturated heterocycles. The minimum Gasteiger partial charge on any atom is -0.370 e. The first kappa shape index (κ1) is 18.1. The van der Waals surface area contributed by atoms with Gasteiger partial charge in [-0.25, -0.2) is 0 Å². The minimum absolute atomic E-state index is 0.0107. The standard InChI is InChI=1S/C20H25N3O4/c21-15(24)11-12-22-17(13-7-3-1-4-8-13)16-18(27-22)20(26)23(19(16)25)14-9-5-2-6-10-14/h1,3-4,7-8,14,16-18H,2,5-6,9-12H2,(H2,21,24). The Morgan fingerprint density at radius 1 is 1.07 bits per heavy atom. The normalized spacial score (nSPS) is 29.3. The highest BCUT2D eigenvalue weighted by atomic mass is 16.7. The van der Waals surface area contributed by atoms with Gasteiger partial charge in [0.15, 0.2) is 6.10 Å². The monoisotopic (exact) mass is 371 g/mol. The van der Waals surface area contributed by atoms with Gasteiger partial charge < -0.3 is 5.73 Å². The molecular weight excluding hydrogens is 346 g/mol. The lowest BCUT2D eigenvalue weighted by molar-refractivity contribution is -0.181. The predicted molar refractivity (Wildman–Crippen MR) is 96.8 cm³/mol. The van der Waals surface area contributed by atoms with Crippen LogP contribution in [0.2, 0.25) is 0 Å². The van der Waals surface area contributed by atoms with E-state index in [1.165, 1.54) is 4.90 Å². The average molecular weight is 371 g/mol. The molecule has 0 spiro atoms. The number of hydrogen-bond donors (Lipinski definition) is 1. The van der Waals surface area contributed by atoms with Gasteiger partial charge in [0, 0.05) is 19.0 Å². The van der Waals surface area contributed by atoms with Crippen LogP contribution in [0.15, 0.2) is 30.3 Å². The average Bonchev–Trinajstić information content (AvgIpc) is 3.17. The van der Waals surface area contributed by atoms with Gasteiger partial charge in [-0.15, -0.1) is 0 Å². The number of hydroxylamine groups is 2. The SMILES string of the molecule is NC(=O)CCN1OC2C(=O)N(C3CCCCC3)C(=O)C2C1c1ccccc1. The molecule has 0 aromatic heterocycles. The topological polar surface area (TPSA) is 92.9 Å². The van der Waals surface area contributed by atoms with Crippen molar-refractivity contribution in [3.8, 4) is 0 Å². The number of carbonyl (C=O) groups excluding carboxylic acids is 3. The molecular formula is C20H25N3O4. The van der Waals surface area contributed by atoms with Gasteiger partial charge in [0.05, 0.1) is 12.0 Å². The fraction of sp³-hybridized carbons (Fsp3) is 0.550. The van der Waals surface area contributed by atoms with E-state index < -0.39 is 17.9 Å². The third-order valence-electron chi connectivity index (χ3n) is 5.89. The number of amides is 3. The number of primary amides is 1. The first-order chi connectivity index (χ1) is 13.1. The van der Waals surface area contributed by atoms with Gasteiger partial charge in [-0.2, -0.15) is 5.06 Å². The molecule has 3 fully saturated rings. The van der Waals surface area contributed by atoms with E-state index in [-0.39, 0.29) is 36.9 Å². The smallest absolute Gasteiger partial charge is 0.261 e. The molecule has 4 rings (SSSR count). The molecule has 27 heavy (non-hydrogen) atoms. The van der Waals surface area contributed by atoms with Crippen molar-refractivity contribution in [3.05, 3.63) is 35.9 Å². The lowest BCUT2D eigenvalue weighted by Gasteiger charge is -2.32.